The molecule has 1 fully saturated rings. The minimum atomic E-state index is -3.52. The molecule has 2 aliphatic rings. The molecular formula is C18H17F3N2O4S. The average Bonchev–Trinajstić information content (AvgIpc) is 3.19. The molecule has 0 amide bonds. The van der Waals surface area contributed by atoms with Crippen LogP contribution in [0.5, 0.6) is 0 Å². The molecule has 0 spiro atoms. The van der Waals surface area contributed by atoms with Crippen molar-refractivity contribution in [1.82, 2.24) is 0 Å². The molecule has 1 aliphatic heterocycles. The molecule has 3 N–H and O–H groups in total. The maximum absolute atomic E-state index is 14.6. The van der Waals surface area contributed by atoms with E-state index < -0.39 is 40.2 Å². The van der Waals surface area contributed by atoms with Gasteiger partial charge in [-0.15, -0.1) is 0 Å². The van der Waals surface area contributed by atoms with Crippen LogP contribution in [0.3, 0.4) is 0 Å². The van der Waals surface area contributed by atoms with Crippen LogP contribution in [0.1, 0.15) is 16.8 Å². The highest BCUT2D eigenvalue weighted by atomic mass is 32.3. The van der Waals surface area contributed by atoms with E-state index in [1.165, 1.54) is 41.7 Å². The number of halogens is 3. The lowest BCUT2D eigenvalue weighted by atomic mass is 10.0. The second-order valence-electron chi connectivity index (χ2n) is 6.89. The van der Waals surface area contributed by atoms with E-state index in [1.54, 1.807) is 0 Å². The van der Waals surface area contributed by atoms with Gasteiger partial charge in [0.15, 0.2) is 0 Å². The van der Waals surface area contributed by atoms with Crippen LogP contribution in [0.2, 0.25) is 0 Å². The highest BCUT2D eigenvalue weighted by molar-refractivity contribution is 8.26. The zero-order chi connectivity index (χ0) is 20.4. The number of carboxylic acids is 1. The lowest BCUT2D eigenvalue weighted by Gasteiger charge is -2.42. The van der Waals surface area contributed by atoms with Crippen molar-refractivity contribution in [2.45, 2.75) is 12.3 Å². The van der Waals surface area contributed by atoms with Crippen LogP contribution in [-0.4, -0.2) is 39.7 Å². The smallest absolute Gasteiger partial charge is 0.338 e. The second-order valence-corrected chi connectivity index (χ2v) is 8.85. The van der Waals surface area contributed by atoms with Gasteiger partial charge < -0.3 is 5.11 Å². The summed E-state index contributed by atoms with van der Waals surface area (Å²) in [7, 11) is -2.11. The molecule has 150 valence electrons. The highest BCUT2D eigenvalue weighted by Crippen LogP contribution is 2.63. The lowest BCUT2D eigenvalue weighted by Crippen LogP contribution is -2.33. The van der Waals surface area contributed by atoms with Crippen LogP contribution < -0.4 is 8.61 Å². The van der Waals surface area contributed by atoms with Gasteiger partial charge in [0, 0.05) is 31.5 Å². The van der Waals surface area contributed by atoms with Crippen molar-refractivity contribution in [1.29, 1.82) is 0 Å². The SMILES string of the molecule is CN1c2cc(-c3cccc(C(=O)O)c3F)ccc2N(CC2CC2(F)F)S1(O)O. The molecule has 6 nitrogen and oxygen atoms in total. The van der Waals surface area contributed by atoms with Gasteiger partial charge in [-0.05, 0) is 34.7 Å². The van der Waals surface area contributed by atoms with Gasteiger partial charge in [-0.3, -0.25) is 17.7 Å². The van der Waals surface area contributed by atoms with Gasteiger partial charge >= 0.3 is 5.97 Å². The standard InChI is InChI=1S/C18H17F3N2O4S/c1-22-15-7-10(12-3-2-4-13(16(12)19)17(24)25)5-6-14(15)23(28(22,26)27)9-11-8-18(11,20)21/h2-7,11,26-27H,8-9H2,1H3,(H,24,25). The molecular weight excluding hydrogens is 397 g/mol. The molecule has 0 radical (unpaired) electrons. The number of carboxylic acid groups (broad SMARTS) is 1. The summed E-state index contributed by atoms with van der Waals surface area (Å²) in [5.74, 6) is -6.07. The number of hydrogen-bond acceptors (Lipinski definition) is 5. The number of anilines is 2. The van der Waals surface area contributed by atoms with Crippen LogP contribution in [0.15, 0.2) is 36.4 Å². The minimum Gasteiger partial charge on any atom is -0.478 e. The fourth-order valence-electron chi connectivity index (χ4n) is 3.35. The summed E-state index contributed by atoms with van der Waals surface area (Å²) in [6.45, 7) is -0.213. The summed E-state index contributed by atoms with van der Waals surface area (Å²) >= 11 is 0. The van der Waals surface area contributed by atoms with E-state index >= 15 is 0 Å². The van der Waals surface area contributed by atoms with Crippen molar-refractivity contribution < 1.29 is 32.2 Å². The van der Waals surface area contributed by atoms with Crippen LogP contribution in [0.25, 0.3) is 11.1 Å². The van der Waals surface area contributed by atoms with Gasteiger partial charge in [0.2, 0.25) is 0 Å². The maximum Gasteiger partial charge on any atom is 0.338 e. The van der Waals surface area contributed by atoms with E-state index in [2.05, 4.69) is 0 Å². The lowest BCUT2D eigenvalue weighted by molar-refractivity contribution is 0.0691. The summed E-state index contributed by atoms with van der Waals surface area (Å²) in [5.41, 5.74) is 0.582. The molecule has 0 aromatic heterocycles. The fourth-order valence-corrected chi connectivity index (χ4v) is 4.86. The Kier molecular flexibility index (Phi) is 4.07. The van der Waals surface area contributed by atoms with E-state index in [0.717, 1.165) is 10.4 Å². The zero-order valence-corrected chi connectivity index (χ0v) is 15.5. The third kappa shape index (κ3) is 2.79. The third-order valence-electron chi connectivity index (χ3n) is 5.13. The fraction of sp³-hybridized carbons (Fsp3) is 0.278. The molecule has 1 aliphatic carbocycles. The molecule has 0 saturated heterocycles. The number of nitrogens with zero attached hydrogens (tertiary/aromatic N) is 2. The van der Waals surface area contributed by atoms with E-state index in [4.69, 9.17) is 5.11 Å². The first kappa shape index (κ1) is 18.9. The highest BCUT2D eigenvalue weighted by Gasteiger charge is 2.59. The number of fused-ring (bicyclic) bond motifs is 1. The van der Waals surface area contributed by atoms with Crippen LogP contribution in [-0.2, 0) is 0 Å². The maximum atomic E-state index is 14.6. The van der Waals surface area contributed by atoms with Crippen LogP contribution in [0, 0.1) is 11.7 Å². The Labute approximate surface area is 160 Å². The largest absolute Gasteiger partial charge is 0.478 e. The Hall–Kier alpha value is -2.43. The van der Waals surface area contributed by atoms with Crippen molar-refractivity contribution >= 4 is 28.3 Å². The molecule has 2 aromatic carbocycles. The monoisotopic (exact) mass is 414 g/mol. The average molecular weight is 414 g/mol. The first-order valence-corrected chi connectivity index (χ1v) is 9.84. The van der Waals surface area contributed by atoms with Gasteiger partial charge in [-0.2, -0.15) is 0 Å². The van der Waals surface area contributed by atoms with Gasteiger partial charge in [0.1, 0.15) is 5.82 Å². The Morgan fingerprint density at radius 1 is 1.25 bits per heavy atom. The van der Waals surface area contributed by atoms with E-state index in [9.17, 15) is 27.1 Å². The van der Waals surface area contributed by atoms with Gasteiger partial charge in [-0.1, -0.05) is 18.2 Å². The molecule has 0 bridgehead atoms. The van der Waals surface area contributed by atoms with Crippen LogP contribution >= 0.6 is 11.0 Å². The molecule has 4 rings (SSSR count). The Bertz CT molecular complexity index is 985. The molecule has 28 heavy (non-hydrogen) atoms. The number of rotatable bonds is 4. The summed E-state index contributed by atoms with van der Waals surface area (Å²) in [6, 6.07) is 8.45. The summed E-state index contributed by atoms with van der Waals surface area (Å²) in [5, 5.41) is 9.09. The zero-order valence-electron chi connectivity index (χ0n) is 14.6. The third-order valence-corrected chi connectivity index (χ3v) is 7.00. The van der Waals surface area contributed by atoms with E-state index in [1.807, 2.05) is 0 Å². The quantitative estimate of drug-likeness (QED) is 0.674. The molecule has 10 heteroatoms. The van der Waals surface area contributed by atoms with Crippen molar-refractivity contribution in [2.75, 3.05) is 22.2 Å². The normalized spacial score (nSPS) is 22.7. The number of benzene rings is 2. The van der Waals surface area contributed by atoms with Gasteiger partial charge in [0.05, 0.1) is 16.9 Å². The minimum absolute atomic E-state index is 0.0414. The Morgan fingerprint density at radius 2 is 1.93 bits per heavy atom. The van der Waals surface area contributed by atoms with Crippen molar-refractivity contribution in [3.05, 3.63) is 47.8 Å². The van der Waals surface area contributed by atoms with Crippen LogP contribution in [0.4, 0.5) is 24.5 Å². The first-order valence-electron chi connectivity index (χ1n) is 8.38. The van der Waals surface area contributed by atoms with Crippen molar-refractivity contribution in [3.63, 3.8) is 0 Å². The number of hydrogen-bond donors (Lipinski definition) is 3. The van der Waals surface area contributed by atoms with Crippen molar-refractivity contribution in [3.8, 4) is 11.1 Å². The van der Waals surface area contributed by atoms with Crippen molar-refractivity contribution in [2.24, 2.45) is 5.92 Å². The predicted octanol–water partition coefficient (Wildman–Crippen LogP) is 4.68. The molecule has 1 unspecified atom stereocenters. The molecule has 1 saturated carbocycles. The van der Waals surface area contributed by atoms with Gasteiger partial charge in [0.25, 0.3) is 5.92 Å². The number of alkyl halides is 2. The number of aromatic carboxylic acids is 1. The first-order chi connectivity index (χ1) is 13.0. The second kappa shape index (κ2) is 6.03. The summed E-state index contributed by atoms with van der Waals surface area (Å²) in [6.07, 6.45) is -0.302. The Balaban J connectivity index is 1.75. The van der Waals surface area contributed by atoms with E-state index in [-0.39, 0.29) is 18.5 Å². The summed E-state index contributed by atoms with van der Waals surface area (Å²) < 4.78 is 64.6. The Morgan fingerprint density at radius 3 is 2.54 bits per heavy atom. The van der Waals surface area contributed by atoms with Gasteiger partial charge in [-0.25, -0.2) is 18.0 Å². The predicted molar refractivity (Wildman–Crippen MR) is 100 cm³/mol. The topological polar surface area (TPSA) is 84.2 Å². The molecule has 1 atom stereocenters. The molecule has 2 aromatic rings. The number of carbonyl (C=O) groups is 1. The summed E-state index contributed by atoms with van der Waals surface area (Å²) in [4.78, 5) is 11.2. The van der Waals surface area contributed by atoms with E-state index in [0.29, 0.717) is 16.9 Å². The molecule has 1 heterocycles.